The molecule has 0 unspecified atom stereocenters. The summed E-state index contributed by atoms with van der Waals surface area (Å²) in [6, 6.07) is 3.90. The van der Waals surface area contributed by atoms with E-state index >= 15 is 0 Å². The Hall–Kier alpha value is -1.02. The zero-order valence-corrected chi connectivity index (χ0v) is 9.90. The SMILES string of the molecule is Cc1c(Cl)ccc2c1NC(=O)CC2(C)C. The number of rotatable bonds is 0. The summed E-state index contributed by atoms with van der Waals surface area (Å²) < 4.78 is 0. The summed E-state index contributed by atoms with van der Waals surface area (Å²) in [6.45, 7) is 6.10. The Balaban J connectivity index is 2.67. The Bertz CT molecular complexity index is 437. The number of amides is 1. The maximum absolute atomic E-state index is 11.6. The lowest BCUT2D eigenvalue weighted by molar-refractivity contribution is -0.117. The molecule has 1 aromatic rings. The smallest absolute Gasteiger partial charge is 0.225 e. The highest BCUT2D eigenvalue weighted by molar-refractivity contribution is 6.32. The maximum Gasteiger partial charge on any atom is 0.225 e. The van der Waals surface area contributed by atoms with Crippen LogP contribution in [0.3, 0.4) is 0 Å². The van der Waals surface area contributed by atoms with E-state index in [1.807, 2.05) is 19.1 Å². The molecule has 0 fully saturated rings. The van der Waals surface area contributed by atoms with E-state index in [1.165, 1.54) is 5.56 Å². The average Bonchev–Trinajstić information content (AvgIpc) is 2.10. The van der Waals surface area contributed by atoms with Crippen molar-refractivity contribution in [2.24, 2.45) is 0 Å². The van der Waals surface area contributed by atoms with E-state index < -0.39 is 0 Å². The third-order valence-corrected chi connectivity index (χ3v) is 3.40. The molecular weight excluding hydrogens is 210 g/mol. The van der Waals surface area contributed by atoms with E-state index in [9.17, 15) is 4.79 Å². The number of nitrogens with one attached hydrogen (secondary N) is 1. The molecule has 2 rings (SSSR count). The Kier molecular flexibility index (Phi) is 2.27. The second kappa shape index (κ2) is 3.24. The number of halogens is 1. The molecule has 1 amide bonds. The van der Waals surface area contributed by atoms with Crippen molar-refractivity contribution in [3.63, 3.8) is 0 Å². The minimum absolute atomic E-state index is 0.0675. The molecule has 1 aliphatic heterocycles. The fourth-order valence-corrected chi connectivity index (χ4v) is 2.25. The molecule has 0 saturated carbocycles. The van der Waals surface area contributed by atoms with Crippen LogP contribution in [0.4, 0.5) is 5.69 Å². The monoisotopic (exact) mass is 223 g/mol. The van der Waals surface area contributed by atoms with Gasteiger partial charge in [-0.2, -0.15) is 0 Å². The topological polar surface area (TPSA) is 29.1 Å². The summed E-state index contributed by atoms with van der Waals surface area (Å²) in [6.07, 6.45) is 0.529. The second-order valence-electron chi connectivity index (χ2n) is 4.70. The number of hydrogen-bond acceptors (Lipinski definition) is 1. The van der Waals surface area contributed by atoms with Crippen molar-refractivity contribution in [3.8, 4) is 0 Å². The molecule has 1 heterocycles. The summed E-state index contributed by atoms with van der Waals surface area (Å²) in [4.78, 5) is 11.6. The predicted molar refractivity (Wildman–Crippen MR) is 62.5 cm³/mol. The van der Waals surface area contributed by atoms with Gasteiger partial charge in [-0.3, -0.25) is 4.79 Å². The van der Waals surface area contributed by atoms with Gasteiger partial charge in [0.15, 0.2) is 0 Å². The van der Waals surface area contributed by atoms with Crippen LogP contribution in [0.2, 0.25) is 5.02 Å². The van der Waals surface area contributed by atoms with Crippen molar-refractivity contribution in [3.05, 3.63) is 28.3 Å². The van der Waals surface area contributed by atoms with E-state index in [1.54, 1.807) is 0 Å². The number of fused-ring (bicyclic) bond motifs is 1. The molecule has 0 atom stereocenters. The number of hydrogen-bond donors (Lipinski definition) is 1. The first-order valence-corrected chi connectivity index (χ1v) is 5.39. The van der Waals surface area contributed by atoms with Gasteiger partial charge in [0.05, 0.1) is 0 Å². The first-order chi connectivity index (χ1) is 6.92. The number of carbonyl (C=O) groups excluding carboxylic acids is 1. The Morgan fingerprint density at radius 3 is 2.73 bits per heavy atom. The summed E-state index contributed by atoms with van der Waals surface area (Å²) >= 11 is 6.04. The molecule has 0 saturated heterocycles. The lowest BCUT2D eigenvalue weighted by Gasteiger charge is -2.33. The van der Waals surface area contributed by atoms with E-state index in [4.69, 9.17) is 11.6 Å². The van der Waals surface area contributed by atoms with Crippen molar-refractivity contribution in [2.75, 3.05) is 5.32 Å². The highest BCUT2D eigenvalue weighted by atomic mass is 35.5. The van der Waals surface area contributed by atoms with Gasteiger partial charge in [-0.1, -0.05) is 31.5 Å². The normalized spacial score (nSPS) is 18.3. The van der Waals surface area contributed by atoms with Gasteiger partial charge in [0.2, 0.25) is 5.91 Å². The van der Waals surface area contributed by atoms with Crippen LogP contribution < -0.4 is 5.32 Å². The molecular formula is C12H14ClNO. The lowest BCUT2D eigenvalue weighted by atomic mass is 9.77. The van der Waals surface area contributed by atoms with Crippen molar-refractivity contribution in [1.29, 1.82) is 0 Å². The largest absolute Gasteiger partial charge is 0.325 e. The predicted octanol–water partition coefficient (Wildman–Crippen LogP) is 3.27. The first-order valence-electron chi connectivity index (χ1n) is 5.01. The van der Waals surface area contributed by atoms with Crippen LogP contribution in [-0.4, -0.2) is 5.91 Å². The van der Waals surface area contributed by atoms with Gasteiger partial charge in [-0.25, -0.2) is 0 Å². The zero-order valence-electron chi connectivity index (χ0n) is 9.15. The third-order valence-electron chi connectivity index (χ3n) is 2.99. The van der Waals surface area contributed by atoms with Gasteiger partial charge in [0.25, 0.3) is 0 Å². The molecule has 0 spiro atoms. The van der Waals surface area contributed by atoms with Crippen LogP contribution in [0.15, 0.2) is 12.1 Å². The minimum Gasteiger partial charge on any atom is -0.325 e. The fraction of sp³-hybridized carbons (Fsp3) is 0.417. The molecule has 0 bridgehead atoms. The molecule has 1 N–H and O–H groups in total. The van der Waals surface area contributed by atoms with E-state index in [0.29, 0.717) is 11.4 Å². The summed E-state index contributed by atoms with van der Waals surface area (Å²) in [5.41, 5.74) is 2.91. The van der Waals surface area contributed by atoms with Crippen LogP contribution in [-0.2, 0) is 10.2 Å². The molecule has 2 nitrogen and oxygen atoms in total. The highest BCUT2D eigenvalue weighted by Gasteiger charge is 2.32. The van der Waals surface area contributed by atoms with Crippen LogP contribution in [0.1, 0.15) is 31.4 Å². The average molecular weight is 224 g/mol. The number of carbonyl (C=O) groups is 1. The van der Waals surface area contributed by atoms with Gasteiger partial charge in [0, 0.05) is 22.5 Å². The molecule has 15 heavy (non-hydrogen) atoms. The Morgan fingerprint density at radius 1 is 1.40 bits per heavy atom. The molecule has 1 aliphatic rings. The summed E-state index contributed by atoms with van der Waals surface area (Å²) in [7, 11) is 0. The molecule has 3 heteroatoms. The van der Waals surface area contributed by atoms with E-state index in [2.05, 4.69) is 19.2 Å². The number of anilines is 1. The Labute approximate surface area is 94.6 Å². The van der Waals surface area contributed by atoms with Crippen LogP contribution in [0.5, 0.6) is 0 Å². The molecule has 80 valence electrons. The third kappa shape index (κ3) is 1.63. The van der Waals surface area contributed by atoms with Crippen molar-refractivity contribution in [2.45, 2.75) is 32.6 Å². The fourth-order valence-electron chi connectivity index (χ4n) is 2.09. The molecule has 1 aromatic carbocycles. The van der Waals surface area contributed by atoms with Crippen molar-refractivity contribution >= 4 is 23.2 Å². The highest BCUT2D eigenvalue weighted by Crippen LogP contribution is 2.40. The van der Waals surface area contributed by atoms with Crippen molar-refractivity contribution < 1.29 is 4.79 Å². The van der Waals surface area contributed by atoms with E-state index in [-0.39, 0.29) is 11.3 Å². The van der Waals surface area contributed by atoms with Crippen molar-refractivity contribution in [1.82, 2.24) is 0 Å². The second-order valence-corrected chi connectivity index (χ2v) is 5.11. The molecule has 0 radical (unpaired) electrons. The van der Waals surface area contributed by atoms with Crippen LogP contribution >= 0.6 is 11.6 Å². The summed E-state index contributed by atoms with van der Waals surface area (Å²) in [5, 5.41) is 3.60. The van der Waals surface area contributed by atoms with Gasteiger partial charge < -0.3 is 5.32 Å². The zero-order chi connectivity index (χ0) is 11.2. The molecule has 0 aliphatic carbocycles. The van der Waals surface area contributed by atoms with E-state index in [0.717, 1.165) is 11.3 Å². The van der Waals surface area contributed by atoms with Gasteiger partial charge >= 0.3 is 0 Å². The number of benzene rings is 1. The Morgan fingerprint density at radius 2 is 2.07 bits per heavy atom. The van der Waals surface area contributed by atoms with Gasteiger partial charge in [0.1, 0.15) is 0 Å². The summed E-state index contributed by atoms with van der Waals surface area (Å²) in [5.74, 6) is 0.0675. The first kappa shape index (κ1) is 10.5. The standard InChI is InChI=1S/C12H14ClNO/c1-7-9(13)5-4-8-11(7)14-10(15)6-12(8,2)3/h4-5H,6H2,1-3H3,(H,14,15). The van der Waals surface area contributed by atoms with Gasteiger partial charge in [-0.15, -0.1) is 0 Å². The quantitative estimate of drug-likeness (QED) is 0.719. The lowest BCUT2D eigenvalue weighted by Crippen LogP contribution is -2.32. The van der Waals surface area contributed by atoms with Crippen LogP contribution in [0.25, 0.3) is 0 Å². The molecule has 0 aromatic heterocycles. The van der Waals surface area contributed by atoms with Gasteiger partial charge in [-0.05, 0) is 24.1 Å². The maximum atomic E-state index is 11.6. The van der Waals surface area contributed by atoms with Crippen LogP contribution in [0, 0.1) is 6.92 Å². The minimum atomic E-state index is -0.104.